The summed E-state index contributed by atoms with van der Waals surface area (Å²) in [6.07, 6.45) is -6.60. The fourth-order valence-electron chi connectivity index (χ4n) is 1.41. The molecule has 1 heterocycles. The van der Waals surface area contributed by atoms with Crippen LogP contribution in [0.15, 0.2) is 0 Å². The number of aliphatic hydroxyl groups is 4. The van der Waals surface area contributed by atoms with E-state index in [1.807, 2.05) is 0 Å². The number of ether oxygens (including phenoxy) is 2. The normalized spacial score (nSPS) is 40.2. The monoisotopic (exact) mass is 254 g/mol. The van der Waals surface area contributed by atoms with Crippen LogP contribution in [0.5, 0.6) is 0 Å². The van der Waals surface area contributed by atoms with Crippen LogP contribution < -0.4 is 5.17 Å². The van der Waals surface area contributed by atoms with Gasteiger partial charge in [0.2, 0.25) is 0 Å². The van der Waals surface area contributed by atoms with Gasteiger partial charge >= 0.3 is 0 Å². The molecule has 9 nitrogen and oxygen atoms in total. The predicted octanol–water partition coefficient (Wildman–Crippen LogP) is -4.05. The number of quaternary nitrogens is 1. The molecule has 6 unspecified atom stereocenters. The molecule has 0 aromatic carbocycles. The Morgan fingerprint density at radius 3 is 2.41 bits per heavy atom. The lowest BCUT2D eigenvalue weighted by Gasteiger charge is -2.40. The number of nitrogens with one attached hydrogen (secondary N) is 1. The van der Waals surface area contributed by atoms with Gasteiger partial charge < -0.3 is 35.3 Å². The molecule has 0 aromatic heterocycles. The third-order valence-electron chi connectivity index (χ3n) is 2.38. The second-order valence-electron chi connectivity index (χ2n) is 3.70. The number of aliphatic hydroxyl groups excluding tert-OH is 4. The average molecular weight is 254 g/mol. The summed E-state index contributed by atoms with van der Waals surface area (Å²) in [4.78, 5) is 0. The molecule has 0 bridgehead atoms. The predicted molar refractivity (Wildman–Crippen MR) is 51.8 cm³/mol. The minimum Gasteiger partial charge on any atom is -0.395 e. The van der Waals surface area contributed by atoms with Gasteiger partial charge in [0.1, 0.15) is 24.4 Å². The summed E-state index contributed by atoms with van der Waals surface area (Å²) in [5.41, 5.74) is 3.50. The summed E-state index contributed by atoms with van der Waals surface area (Å²) in [5, 5.41) is 45.9. The first kappa shape index (κ1) is 14.7. The van der Waals surface area contributed by atoms with Crippen LogP contribution in [0.1, 0.15) is 0 Å². The number of rotatable bonds is 5. The molecule has 0 spiro atoms. The van der Waals surface area contributed by atoms with Crippen LogP contribution in [0.3, 0.4) is 0 Å². The van der Waals surface area contributed by atoms with E-state index in [4.69, 9.17) is 19.8 Å². The van der Waals surface area contributed by atoms with E-state index >= 15 is 0 Å². The van der Waals surface area contributed by atoms with Crippen molar-refractivity contribution in [2.24, 2.45) is 0 Å². The Balaban J connectivity index is 2.47. The lowest BCUT2D eigenvalue weighted by molar-refractivity contribution is -1.04. The van der Waals surface area contributed by atoms with Crippen molar-refractivity contribution in [3.63, 3.8) is 0 Å². The van der Waals surface area contributed by atoms with Crippen molar-refractivity contribution < 1.29 is 40.3 Å². The number of nitrogens with zero attached hydrogens (tertiary/aromatic N) is 1. The zero-order valence-corrected chi connectivity index (χ0v) is 9.30. The molecule has 0 aliphatic carbocycles. The van der Waals surface area contributed by atoms with Gasteiger partial charge in [0.05, 0.1) is 13.7 Å². The summed E-state index contributed by atoms with van der Waals surface area (Å²) in [5.74, 6) is 0. The molecule has 0 aromatic rings. The molecule has 17 heavy (non-hydrogen) atoms. The molecule has 1 aliphatic rings. The first-order chi connectivity index (χ1) is 7.97. The highest BCUT2D eigenvalue weighted by Crippen LogP contribution is 2.21. The molecule has 6 N–H and O–H groups in total. The summed E-state index contributed by atoms with van der Waals surface area (Å²) >= 11 is 0. The molecule has 102 valence electrons. The van der Waals surface area contributed by atoms with E-state index in [1.165, 1.54) is 7.05 Å². The SMILES string of the molecule is C[NH+](O)[N-]COC1OC(CO)C(O)C(O)C1O. The molecule has 6 atom stereocenters. The average Bonchev–Trinajstić information content (AvgIpc) is 2.29. The molecule has 1 fully saturated rings. The second kappa shape index (κ2) is 6.54. The van der Waals surface area contributed by atoms with Crippen LogP contribution in [-0.2, 0) is 9.47 Å². The van der Waals surface area contributed by atoms with Crippen LogP contribution in [0.4, 0.5) is 0 Å². The molecule has 0 saturated carbocycles. The van der Waals surface area contributed by atoms with Gasteiger partial charge in [-0.15, -0.1) is 0 Å². The minimum atomic E-state index is -1.48. The first-order valence-corrected chi connectivity index (χ1v) is 5.09. The molecule has 9 heteroatoms. The minimum absolute atomic E-state index is 0.199. The van der Waals surface area contributed by atoms with Gasteiger partial charge in [-0.1, -0.05) is 0 Å². The molecule has 0 radical (unpaired) electrons. The largest absolute Gasteiger partial charge is 0.395 e. The summed E-state index contributed by atoms with van der Waals surface area (Å²) in [7, 11) is 1.34. The van der Waals surface area contributed by atoms with Crippen molar-refractivity contribution in [2.75, 3.05) is 20.4 Å². The van der Waals surface area contributed by atoms with Crippen LogP contribution in [-0.4, -0.2) is 76.7 Å². The lowest BCUT2D eigenvalue weighted by Crippen LogP contribution is -3.02. The van der Waals surface area contributed by atoms with Gasteiger partial charge in [-0.25, -0.2) is 5.21 Å². The summed E-state index contributed by atoms with van der Waals surface area (Å²) in [6.45, 7) is -0.794. The van der Waals surface area contributed by atoms with E-state index in [1.54, 1.807) is 0 Å². The molecular formula is C8H18N2O7. The highest BCUT2D eigenvalue weighted by Gasteiger charge is 2.43. The molecule has 1 rings (SSSR count). The standard InChI is InChI=1S/C8H18N2O7/c1-10(15)9-3-16-8-7(14)6(13)5(12)4(2-11)17-8/h4-8,10-15H,2-3H2,1H3. The van der Waals surface area contributed by atoms with Gasteiger partial charge in [0.15, 0.2) is 6.29 Å². The van der Waals surface area contributed by atoms with E-state index in [0.29, 0.717) is 0 Å². The van der Waals surface area contributed by atoms with E-state index in [9.17, 15) is 15.3 Å². The topological polar surface area (TPSA) is 138 Å². The van der Waals surface area contributed by atoms with Crippen LogP contribution in [0, 0.1) is 0 Å². The maximum Gasteiger partial charge on any atom is 0.185 e. The Morgan fingerprint density at radius 2 is 1.88 bits per heavy atom. The summed E-state index contributed by atoms with van der Waals surface area (Å²) < 4.78 is 9.98. The van der Waals surface area contributed by atoms with Gasteiger partial charge in [-0.2, -0.15) is 0 Å². The van der Waals surface area contributed by atoms with Crippen LogP contribution >= 0.6 is 0 Å². The Morgan fingerprint density at radius 1 is 1.24 bits per heavy atom. The molecule has 1 aliphatic heterocycles. The smallest absolute Gasteiger partial charge is 0.185 e. The fraction of sp³-hybridized carbons (Fsp3) is 1.00. The van der Waals surface area contributed by atoms with Crippen molar-refractivity contribution in [3.8, 4) is 0 Å². The second-order valence-corrected chi connectivity index (χ2v) is 3.70. The Labute approximate surface area is 97.7 Å². The molecular weight excluding hydrogens is 236 g/mol. The van der Waals surface area contributed by atoms with E-state index < -0.39 is 37.3 Å². The van der Waals surface area contributed by atoms with Gasteiger partial charge in [0, 0.05) is 6.73 Å². The Bertz CT molecular complexity index is 228. The van der Waals surface area contributed by atoms with Crippen molar-refractivity contribution in [1.29, 1.82) is 0 Å². The van der Waals surface area contributed by atoms with E-state index in [-0.39, 0.29) is 11.9 Å². The van der Waals surface area contributed by atoms with Gasteiger partial charge in [0.25, 0.3) is 0 Å². The number of hydroxylamine groups is 1. The Kier molecular flexibility index (Phi) is 5.66. The Hall–Kier alpha value is -0.360. The maximum atomic E-state index is 9.53. The van der Waals surface area contributed by atoms with E-state index in [0.717, 1.165) is 0 Å². The van der Waals surface area contributed by atoms with Crippen LogP contribution in [0.2, 0.25) is 0 Å². The third kappa shape index (κ3) is 3.81. The summed E-state index contributed by atoms with van der Waals surface area (Å²) in [6, 6.07) is 0. The van der Waals surface area contributed by atoms with Crippen LogP contribution in [0.25, 0.3) is 5.43 Å². The van der Waals surface area contributed by atoms with Crippen molar-refractivity contribution >= 4 is 0 Å². The van der Waals surface area contributed by atoms with Gasteiger partial charge in [-0.3, -0.25) is 5.17 Å². The molecule has 0 amide bonds. The van der Waals surface area contributed by atoms with Gasteiger partial charge in [-0.05, 0) is 0 Å². The maximum absolute atomic E-state index is 9.53. The number of hydrogen-bond donors (Lipinski definition) is 6. The van der Waals surface area contributed by atoms with E-state index in [2.05, 4.69) is 5.43 Å². The fourth-order valence-corrected chi connectivity index (χ4v) is 1.41. The molecule has 1 saturated heterocycles. The zero-order chi connectivity index (χ0) is 13.0. The first-order valence-electron chi connectivity index (χ1n) is 5.09. The highest BCUT2D eigenvalue weighted by atomic mass is 16.7. The van der Waals surface area contributed by atoms with Crippen molar-refractivity contribution in [3.05, 3.63) is 5.43 Å². The third-order valence-corrected chi connectivity index (χ3v) is 2.38. The lowest BCUT2D eigenvalue weighted by atomic mass is 9.99. The quantitative estimate of drug-likeness (QED) is 0.274. The number of hydrogen-bond acceptors (Lipinski definition) is 7. The highest BCUT2D eigenvalue weighted by molar-refractivity contribution is 4.88. The van der Waals surface area contributed by atoms with Crippen molar-refractivity contribution in [2.45, 2.75) is 30.7 Å². The zero-order valence-electron chi connectivity index (χ0n) is 9.30. The van der Waals surface area contributed by atoms with Crippen molar-refractivity contribution in [1.82, 2.24) is 0 Å².